The van der Waals surface area contributed by atoms with Gasteiger partial charge in [0.05, 0.1) is 12.5 Å². The summed E-state index contributed by atoms with van der Waals surface area (Å²) < 4.78 is 5.17. The first kappa shape index (κ1) is 13.8. The van der Waals surface area contributed by atoms with Gasteiger partial charge in [0.15, 0.2) is 0 Å². The van der Waals surface area contributed by atoms with Gasteiger partial charge in [-0.1, -0.05) is 12.1 Å². The zero-order valence-corrected chi connectivity index (χ0v) is 13.1. The average molecular weight is 323 g/mol. The molecule has 114 valence electrons. The fourth-order valence-electron chi connectivity index (χ4n) is 2.54. The molecule has 1 aromatic carbocycles. The third-order valence-electron chi connectivity index (χ3n) is 3.72. The molecule has 0 aliphatic rings. The van der Waals surface area contributed by atoms with Crippen LogP contribution in [0.3, 0.4) is 0 Å². The van der Waals surface area contributed by atoms with E-state index in [2.05, 4.69) is 15.0 Å². The number of aromatic amines is 2. The third kappa shape index (κ3) is 2.33. The second kappa shape index (κ2) is 5.40. The molecule has 0 unspecified atom stereocenters. The van der Waals surface area contributed by atoms with Crippen molar-refractivity contribution in [3.05, 3.63) is 58.5 Å². The van der Waals surface area contributed by atoms with Gasteiger partial charge in [-0.15, -0.1) is 11.3 Å². The number of hydrogen-bond donors (Lipinski definition) is 2. The molecule has 2 N–H and O–H groups in total. The summed E-state index contributed by atoms with van der Waals surface area (Å²) in [7, 11) is 1.63. The summed E-state index contributed by atoms with van der Waals surface area (Å²) in [4.78, 5) is 23.7. The monoisotopic (exact) mass is 323 g/mol. The fraction of sp³-hybridized carbons (Fsp3) is 0.0588. The molecule has 0 fully saturated rings. The van der Waals surface area contributed by atoms with Crippen LogP contribution in [0.15, 0.2) is 52.9 Å². The van der Waals surface area contributed by atoms with Crippen LogP contribution in [0.2, 0.25) is 0 Å². The molecule has 6 heteroatoms. The lowest BCUT2D eigenvalue weighted by Crippen LogP contribution is -2.08. The maximum absolute atomic E-state index is 12.5. The van der Waals surface area contributed by atoms with E-state index >= 15 is 0 Å². The number of methoxy groups -OCH3 is 1. The Hall–Kier alpha value is -2.86. The summed E-state index contributed by atoms with van der Waals surface area (Å²) in [6.45, 7) is 0. The molecule has 4 aromatic rings. The fourth-order valence-corrected chi connectivity index (χ4v) is 3.49. The van der Waals surface area contributed by atoms with E-state index in [-0.39, 0.29) is 5.56 Å². The van der Waals surface area contributed by atoms with Crippen LogP contribution in [-0.4, -0.2) is 22.1 Å². The first-order valence-corrected chi connectivity index (χ1v) is 7.93. The maximum Gasteiger partial charge on any atom is 0.260 e. The Morgan fingerprint density at radius 2 is 1.96 bits per heavy atom. The van der Waals surface area contributed by atoms with Crippen molar-refractivity contribution in [2.24, 2.45) is 0 Å². The topological polar surface area (TPSA) is 70.8 Å². The maximum atomic E-state index is 12.5. The van der Waals surface area contributed by atoms with Gasteiger partial charge >= 0.3 is 0 Å². The Balaban J connectivity index is 1.88. The van der Waals surface area contributed by atoms with Crippen molar-refractivity contribution >= 4 is 21.6 Å². The Kier molecular flexibility index (Phi) is 3.24. The van der Waals surface area contributed by atoms with Crippen LogP contribution in [-0.2, 0) is 0 Å². The normalized spacial score (nSPS) is 11.0. The summed E-state index contributed by atoms with van der Waals surface area (Å²) in [6.07, 6.45) is 3.61. The van der Waals surface area contributed by atoms with Gasteiger partial charge in [0.1, 0.15) is 16.4 Å². The zero-order chi connectivity index (χ0) is 15.8. The van der Waals surface area contributed by atoms with E-state index in [4.69, 9.17) is 4.74 Å². The lowest BCUT2D eigenvalue weighted by atomic mass is 10.1. The molecule has 5 nitrogen and oxygen atoms in total. The highest BCUT2D eigenvalue weighted by atomic mass is 32.1. The summed E-state index contributed by atoms with van der Waals surface area (Å²) >= 11 is 1.47. The zero-order valence-electron chi connectivity index (χ0n) is 12.3. The van der Waals surface area contributed by atoms with E-state index < -0.39 is 0 Å². The molecule has 23 heavy (non-hydrogen) atoms. The molecular formula is C17H13N3O2S. The molecule has 0 atom stereocenters. The van der Waals surface area contributed by atoms with E-state index in [1.165, 1.54) is 11.3 Å². The molecule has 0 aliphatic heterocycles. The van der Waals surface area contributed by atoms with Crippen LogP contribution in [0.25, 0.3) is 32.7 Å². The number of H-pyrrole nitrogens is 2. The smallest absolute Gasteiger partial charge is 0.260 e. The molecule has 0 spiro atoms. The molecule has 0 amide bonds. The number of benzene rings is 1. The van der Waals surface area contributed by atoms with Gasteiger partial charge in [-0.25, -0.2) is 4.98 Å². The van der Waals surface area contributed by atoms with Crippen LogP contribution < -0.4 is 10.3 Å². The molecular weight excluding hydrogens is 310 g/mol. The number of fused-ring (bicyclic) bond motifs is 1. The third-order valence-corrected chi connectivity index (χ3v) is 4.59. The predicted molar refractivity (Wildman–Crippen MR) is 92.0 cm³/mol. The SMILES string of the molecule is COc1ccc(-c2csc3nc(-c4cc[nH]c4)[nH]c(=O)c23)cc1. The highest BCUT2D eigenvalue weighted by Crippen LogP contribution is 2.32. The summed E-state index contributed by atoms with van der Waals surface area (Å²) in [6, 6.07) is 9.53. The Bertz CT molecular complexity index is 1010. The summed E-state index contributed by atoms with van der Waals surface area (Å²) in [5.74, 6) is 1.36. The Morgan fingerprint density at radius 3 is 2.65 bits per heavy atom. The predicted octanol–water partition coefficient (Wildman–Crippen LogP) is 3.66. The molecule has 0 saturated carbocycles. The van der Waals surface area contributed by atoms with Gasteiger partial charge in [0.2, 0.25) is 0 Å². The lowest BCUT2D eigenvalue weighted by molar-refractivity contribution is 0.415. The molecule has 0 saturated heterocycles. The van der Waals surface area contributed by atoms with Crippen molar-refractivity contribution in [1.29, 1.82) is 0 Å². The van der Waals surface area contributed by atoms with Gasteiger partial charge in [-0.05, 0) is 23.8 Å². The Morgan fingerprint density at radius 1 is 1.13 bits per heavy atom. The number of rotatable bonds is 3. The van der Waals surface area contributed by atoms with Crippen molar-refractivity contribution in [3.8, 4) is 28.3 Å². The molecule has 0 radical (unpaired) electrons. The van der Waals surface area contributed by atoms with E-state index in [0.717, 1.165) is 27.3 Å². The van der Waals surface area contributed by atoms with E-state index in [1.807, 2.05) is 41.9 Å². The summed E-state index contributed by atoms with van der Waals surface area (Å²) in [5.41, 5.74) is 2.60. The summed E-state index contributed by atoms with van der Waals surface area (Å²) in [5, 5.41) is 2.59. The van der Waals surface area contributed by atoms with Crippen LogP contribution in [0, 0.1) is 0 Å². The van der Waals surface area contributed by atoms with Crippen LogP contribution >= 0.6 is 11.3 Å². The number of nitrogens with zero attached hydrogens (tertiary/aromatic N) is 1. The molecule has 0 aliphatic carbocycles. The second-order valence-electron chi connectivity index (χ2n) is 5.07. The quantitative estimate of drug-likeness (QED) is 0.604. The molecule has 3 aromatic heterocycles. The van der Waals surface area contributed by atoms with Crippen molar-refractivity contribution in [3.63, 3.8) is 0 Å². The highest BCUT2D eigenvalue weighted by molar-refractivity contribution is 7.17. The largest absolute Gasteiger partial charge is 0.497 e. The number of hydrogen-bond acceptors (Lipinski definition) is 4. The number of ether oxygens (including phenoxy) is 1. The van der Waals surface area contributed by atoms with Crippen molar-refractivity contribution < 1.29 is 4.74 Å². The molecule has 3 heterocycles. The average Bonchev–Trinajstić information content (AvgIpc) is 3.24. The van der Waals surface area contributed by atoms with E-state index in [9.17, 15) is 4.79 Å². The van der Waals surface area contributed by atoms with Crippen LogP contribution in [0.5, 0.6) is 5.75 Å². The van der Waals surface area contributed by atoms with Gasteiger partial charge in [-0.2, -0.15) is 0 Å². The first-order chi connectivity index (χ1) is 11.3. The molecule has 4 rings (SSSR count). The Labute approximate surface area is 135 Å². The number of aromatic nitrogens is 3. The van der Waals surface area contributed by atoms with E-state index in [0.29, 0.717) is 11.2 Å². The lowest BCUT2D eigenvalue weighted by Gasteiger charge is -2.03. The van der Waals surface area contributed by atoms with Crippen molar-refractivity contribution in [2.75, 3.05) is 7.11 Å². The van der Waals surface area contributed by atoms with Gasteiger partial charge < -0.3 is 14.7 Å². The second-order valence-corrected chi connectivity index (χ2v) is 5.93. The number of thiophene rings is 1. The number of nitrogens with one attached hydrogen (secondary N) is 2. The van der Waals surface area contributed by atoms with E-state index in [1.54, 1.807) is 13.3 Å². The molecule has 0 bridgehead atoms. The van der Waals surface area contributed by atoms with Gasteiger partial charge in [0.25, 0.3) is 5.56 Å². The minimum absolute atomic E-state index is 0.127. The van der Waals surface area contributed by atoms with Crippen LogP contribution in [0.4, 0.5) is 0 Å². The van der Waals surface area contributed by atoms with Crippen LogP contribution in [0.1, 0.15) is 0 Å². The van der Waals surface area contributed by atoms with Crippen molar-refractivity contribution in [1.82, 2.24) is 15.0 Å². The van der Waals surface area contributed by atoms with Gasteiger partial charge in [-0.3, -0.25) is 4.79 Å². The highest BCUT2D eigenvalue weighted by Gasteiger charge is 2.13. The standard InChI is InChI=1S/C17H13N3O2S/c1-22-12-4-2-10(3-5-12)13-9-23-17-14(13)16(21)19-15(20-17)11-6-7-18-8-11/h2-9,18H,1H3,(H,19,20,21). The van der Waals surface area contributed by atoms with Gasteiger partial charge in [0, 0.05) is 28.9 Å². The minimum Gasteiger partial charge on any atom is -0.497 e. The first-order valence-electron chi connectivity index (χ1n) is 7.05. The van der Waals surface area contributed by atoms with Crippen molar-refractivity contribution in [2.45, 2.75) is 0 Å². The minimum atomic E-state index is -0.127.